The Labute approximate surface area is 211 Å². The molecule has 2 heterocycles. The van der Waals surface area contributed by atoms with Gasteiger partial charge in [0.15, 0.2) is 5.16 Å². The second kappa shape index (κ2) is 11.0. The molecule has 0 spiro atoms. The van der Waals surface area contributed by atoms with Crippen LogP contribution < -0.4 is 15.6 Å². The smallest absolute Gasteiger partial charge is 0.262 e. The Hall–Kier alpha value is -4.30. The number of hydrogen-bond donors (Lipinski definition) is 1. The van der Waals surface area contributed by atoms with Crippen LogP contribution in [0.2, 0.25) is 0 Å². The Bertz CT molecular complexity index is 1510. The van der Waals surface area contributed by atoms with E-state index in [-0.39, 0.29) is 23.8 Å². The molecule has 2 aromatic heterocycles. The average Bonchev–Trinajstić information content (AvgIpc) is 3.43. The Morgan fingerprint density at radius 3 is 2.50 bits per heavy atom. The molecular weight excluding hydrogens is 474 g/mol. The molecule has 0 aliphatic heterocycles. The second-order valence-electron chi connectivity index (χ2n) is 8.02. The summed E-state index contributed by atoms with van der Waals surface area (Å²) in [6, 6.07) is 27.9. The number of para-hydroxylation sites is 1. The molecule has 5 rings (SSSR count). The largest absolute Gasteiger partial charge is 0.489 e. The van der Waals surface area contributed by atoms with Crippen molar-refractivity contribution in [3.8, 4) is 5.75 Å². The van der Waals surface area contributed by atoms with Crippen molar-refractivity contribution in [1.82, 2.24) is 9.55 Å². The summed E-state index contributed by atoms with van der Waals surface area (Å²) in [5.74, 6) is 1.24. The van der Waals surface area contributed by atoms with Crippen LogP contribution >= 0.6 is 11.8 Å². The molecule has 0 fully saturated rings. The van der Waals surface area contributed by atoms with Crippen LogP contribution in [0.5, 0.6) is 5.75 Å². The molecule has 0 aliphatic carbocycles. The number of carbonyl (C=O) groups is 1. The van der Waals surface area contributed by atoms with Crippen molar-refractivity contribution in [2.24, 2.45) is 0 Å². The SMILES string of the molecule is O=C(CSc1nc2ccccc2c(=O)n1Cc1ccco1)Nc1ccc(OCc2ccccc2)cc1. The zero-order valence-electron chi connectivity index (χ0n) is 19.3. The quantitative estimate of drug-likeness (QED) is 0.218. The van der Waals surface area contributed by atoms with E-state index >= 15 is 0 Å². The Morgan fingerprint density at radius 1 is 0.944 bits per heavy atom. The molecule has 0 saturated carbocycles. The molecule has 36 heavy (non-hydrogen) atoms. The molecule has 1 N–H and O–H groups in total. The first-order valence-electron chi connectivity index (χ1n) is 11.4. The molecule has 0 radical (unpaired) electrons. The third kappa shape index (κ3) is 5.67. The molecule has 0 aliphatic rings. The van der Waals surface area contributed by atoms with Gasteiger partial charge in [0.2, 0.25) is 5.91 Å². The number of hydrogen-bond acceptors (Lipinski definition) is 6. The van der Waals surface area contributed by atoms with Crippen molar-refractivity contribution < 1.29 is 13.9 Å². The highest BCUT2D eigenvalue weighted by Crippen LogP contribution is 2.21. The number of carbonyl (C=O) groups excluding carboxylic acids is 1. The first kappa shape index (κ1) is 23.4. The average molecular weight is 498 g/mol. The van der Waals surface area contributed by atoms with Gasteiger partial charge >= 0.3 is 0 Å². The molecule has 0 unspecified atom stereocenters. The number of thioether (sulfide) groups is 1. The lowest BCUT2D eigenvalue weighted by molar-refractivity contribution is -0.113. The minimum absolute atomic E-state index is 0.0925. The topological polar surface area (TPSA) is 86.4 Å². The minimum Gasteiger partial charge on any atom is -0.489 e. The van der Waals surface area contributed by atoms with Gasteiger partial charge in [0.05, 0.1) is 29.5 Å². The van der Waals surface area contributed by atoms with E-state index in [1.165, 1.54) is 16.3 Å². The van der Waals surface area contributed by atoms with Gasteiger partial charge in [-0.3, -0.25) is 14.2 Å². The van der Waals surface area contributed by atoms with Gasteiger partial charge in [-0.25, -0.2) is 4.98 Å². The van der Waals surface area contributed by atoms with E-state index in [0.29, 0.717) is 39.9 Å². The van der Waals surface area contributed by atoms with Crippen molar-refractivity contribution in [3.05, 3.63) is 119 Å². The third-order valence-corrected chi connectivity index (χ3v) is 6.42. The molecular formula is C28H23N3O4S. The van der Waals surface area contributed by atoms with Crippen molar-refractivity contribution in [2.45, 2.75) is 18.3 Å². The number of nitrogens with zero attached hydrogens (tertiary/aromatic N) is 2. The lowest BCUT2D eigenvalue weighted by Gasteiger charge is -2.12. The number of furan rings is 1. The summed E-state index contributed by atoms with van der Waals surface area (Å²) >= 11 is 1.21. The number of amides is 1. The number of benzene rings is 3. The van der Waals surface area contributed by atoms with E-state index in [1.54, 1.807) is 48.7 Å². The molecule has 1 amide bonds. The molecule has 180 valence electrons. The molecule has 0 bridgehead atoms. The summed E-state index contributed by atoms with van der Waals surface area (Å²) in [4.78, 5) is 30.4. The van der Waals surface area contributed by atoms with Crippen LogP contribution in [-0.4, -0.2) is 21.2 Å². The predicted molar refractivity (Wildman–Crippen MR) is 140 cm³/mol. The number of rotatable bonds is 9. The van der Waals surface area contributed by atoms with Crippen LogP contribution in [0.25, 0.3) is 10.9 Å². The van der Waals surface area contributed by atoms with Crippen molar-refractivity contribution >= 4 is 34.3 Å². The maximum Gasteiger partial charge on any atom is 0.262 e. The Morgan fingerprint density at radius 2 is 1.72 bits per heavy atom. The van der Waals surface area contributed by atoms with Gasteiger partial charge in [-0.05, 0) is 54.1 Å². The van der Waals surface area contributed by atoms with E-state index in [9.17, 15) is 9.59 Å². The number of aromatic nitrogens is 2. The van der Waals surface area contributed by atoms with E-state index in [1.807, 2.05) is 48.5 Å². The van der Waals surface area contributed by atoms with E-state index < -0.39 is 0 Å². The fourth-order valence-corrected chi connectivity index (χ4v) is 4.46. The van der Waals surface area contributed by atoms with Gasteiger partial charge < -0.3 is 14.5 Å². The molecule has 8 heteroatoms. The molecule has 5 aromatic rings. The number of fused-ring (bicyclic) bond motifs is 1. The van der Waals surface area contributed by atoms with Crippen LogP contribution in [0, 0.1) is 0 Å². The highest BCUT2D eigenvalue weighted by Gasteiger charge is 2.15. The van der Waals surface area contributed by atoms with E-state index in [0.717, 1.165) is 5.56 Å². The standard InChI is InChI=1S/C28H23N3O4S/c32-26(29-21-12-14-22(15-13-21)35-18-20-7-2-1-3-8-20)19-36-28-30-25-11-5-4-10-24(25)27(33)31(28)17-23-9-6-16-34-23/h1-16H,17-19H2,(H,29,32). The first-order chi connectivity index (χ1) is 17.7. The predicted octanol–water partition coefficient (Wildman–Crippen LogP) is 5.35. The minimum atomic E-state index is -0.204. The fraction of sp³-hybridized carbons (Fsp3) is 0.107. The maximum absolute atomic E-state index is 13.1. The third-order valence-electron chi connectivity index (χ3n) is 5.44. The van der Waals surface area contributed by atoms with Gasteiger partial charge in [-0.15, -0.1) is 0 Å². The van der Waals surface area contributed by atoms with Crippen molar-refractivity contribution in [1.29, 1.82) is 0 Å². The van der Waals surface area contributed by atoms with Crippen LogP contribution in [0.4, 0.5) is 5.69 Å². The summed E-state index contributed by atoms with van der Waals surface area (Å²) in [6.45, 7) is 0.708. The summed E-state index contributed by atoms with van der Waals surface area (Å²) in [7, 11) is 0. The lowest BCUT2D eigenvalue weighted by Crippen LogP contribution is -2.24. The summed E-state index contributed by atoms with van der Waals surface area (Å²) in [5.41, 5.74) is 2.16. The molecule has 0 atom stereocenters. The zero-order chi connectivity index (χ0) is 24.7. The second-order valence-corrected chi connectivity index (χ2v) is 8.96. The van der Waals surface area contributed by atoms with Crippen LogP contribution in [-0.2, 0) is 17.9 Å². The van der Waals surface area contributed by atoms with Gasteiger partial charge in [0, 0.05) is 5.69 Å². The molecule has 0 saturated heterocycles. The highest BCUT2D eigenvalue weighted by molar-refractivity contribution is 7.99. The first-order valence-corrected chi connectivity index (χ1v) is 12.4. The van der Waals surface area contributed by atoms with Crippen molar-refractivity contribution in [2.75, 3.05) is 11.1 Å². The number of nitrogens with one attached hydrogen (secondary N) is 1. The van der Waals surface area contributed by atoms with Gasteiger partial charge in [-0.1, -0.05) is 54.2 Å². The highest BCUT2D eigenvalue weighted by atomic mass is 32.2. The molecule has 3 aromatic carbocycles. The number of anilines is 1. The molecule has 7 nitrogen and oxygen atoms in total. The fourth-order valence-electron chi connectivity index (χ4n) is 3.66. The van der Waals surface area contributed by atoms with E-state index in [2.05, 4.69) is 10.3 Å². The Balaban J connectivity index is 1.24. The monoisotopic (exact) mass is 497 g/mol. The van der Waals surface area contributed by atoms with Gasteiger partial charge in [0.25, 0.3) is 5.56 Å². The normalized spacial score (nSPS) is 10.9. The summed E-state index contributed by atoms with van der Waals surface area (Å²) < 4.78 is 12.8. The van der Waals surface area contributed by atoms with Crippen LogP contribution in [0.3, 0.4) is 0 Å². The van der Waals surface area contributed by atoms with Gasteiger partial charge in [0.1, 0.15) is 18.1 Å². The summed E-state index contributed by atoms with van der Waals surface area (Å²) in [6.07, 6.45) is 1.56. The van der Waals surface area contributed by atoms with Crippen LogP contribution in [0.1, 0.15) is 11.3 Å². The summed E-state index contributed by atoms with van der Waals surface area (Å²) in [5, 5.41) is 3.86. The van der Waals surface area contributed by atoms with E-state index in [4.69, 9.17) is 9.15 Å². The zero-order valence-corrected chi connectivity index (χ0v) is 20.1. The lowest BCUT2D eigenvalue weighted by atomic mass is 10.2. The van der Waals surface area contributed by atoms with Crippen LogP contribution in [0.15, 0.2) is 112 Å². The Kier molecular flexibility index (Phi) is 7.14. The maximum atomic E-state index is 13.1. The number of ether oxygens (including phenoxy) is 1. The van der Waals surface area contributed by atoms with Crippen molar-refractivity contribution in [3.63, 3.8) is 0 Å². The van der Waals surface area contributed by atoms with Gasteiger partial charge in [-0.2, -0.15) is 0 Å².